The Balaban J connectivity index is 2.67. The molecule has 0 unspecified atom stereocenters. The number of carbonyl (C=O) groups is 3. The van der Waals surface area contributed by atoms with Crippen LogP contribution in [0.1, 0.15) is 18.9 Å². The molecule has 6 nitrogen and oxygen atoms in total. The van der Waals surface area contributed by atoms with E-state index in [0.717, 1.165) is 12.1 Å². The molecule has 1 atom stereocenters. The summed E-state index contributed by atoms with van der Waals surface area (Å²) in [5.74, 6) is -3.94. The first-order valence-electron chi connectivity index (χ1n) is 6.51. The number of nitrogens with one attached hydrogen (secondary N) is 1. The van der Waals surface area contributed by atoms with Gasteiger partial charge in [0.25, 0.3) is 0 Å². The third-order valence-corrected chi connectivity index (χ3v) is 2.64. The van der Waals surface area contributed by atoms with Gasteiger partial charge in [-0.25, -0.2) is 8.78 Å². The van der Waals surface area contributed by atoms with E-state index in [2.05, 4.69) is 10.1 Å². The molecule has 22 heavy (non-hydrogen) atoms. The molecule has 1 rings (SSSR count). The monoisotopic (exact) mass is 314 g/mol. The van der Waals surface area contributed by atoms with Crippen molar-refractivity contribution in [3.8, 4) is 0 Å². The SMILES string of the molecule is CCOC(=O)C[C@@H](NC(=O)Cc1cc(F)cc(F)c1)C(N)=O. The van der Waals surface area contributed by atoms with Gasteiger partial charge in [-0.1, -0.05) is 0 Å². The lowest BCUT2D eigenvalue weighted by atomic mass is 10.1. The largest absolute Gasteiger partial charge is 0.466 e. The highest BCUT2D eigenvalue weighted by Crippen LogP contribution is 2.09. The summed E-state index contributed by atoms with van der Waals surface area (Å²) < 4.78 is 30.7. The lowest BCUT2D eigenvalue weighted by Crippen LogP contribution is -2.46. The van der Waals surface area contributed by atoms with Crippen LogP contribution in [-0.4, -0.2) is 30.4 Å². The molecule has 0 fully saturated rings. The predicted octanol–water partition coefficient (Wildman–Crippen LogP) is 0.431. The third-order valence-electron chi connectivity index (χ3n) is 2.64. The van der Waals surface area contributed by atoms with Crippen LogP contribution in [0.5, 0.6) is 0 Å². The number of benzene rings is 1. The highest BCUT2D eigenvalue weighted by molar-refractivity contribution is 5.90. The molecule has 0 heterocycles. The van der Waals surface area contributed by atoms with Crippen LogP contribution < -0.4 is 11.1 Å². The van der Waals surface area contributed by atoms with Gasteiger partial charge in [-0.15, -0.1) is 0 Å². The number of esters is 1. The fraction of sp³-hybridized carbons (Fsp3) is 0.357. The quantitative estimate of drug-likeness (QED) is 0.713. The standard InChI is InChI=1S/C14H16F2N2O4/c1-2-22-13(20)7-11(14(17)21)18-12(19)5-8-3-9(15)6-10(16)4-8/h3-4,6,11H,2,5,7H2,1H3,(H2,17,21)(H,18,19)/t11-/m1/s1. The number of rotatable bonds is 7. The van der Waals surface area contributed by atoms with E-state index in [1.54, 1.807) is 6.92 Å². The van der Waals surface area contributed by atoms with Crippen molar-refractivity contribution in [1.29, 1.82) is 0 Å². The molecule has 120 valence electrons. The Morgan fingerprint density at radius 3 is 2.32 bits per heavy atom. The summed E-state index contributed by atoms with van der Waals surface area (Å²) in [6, 6.07) is 1.42. The third kappa shape index (κ3) is 5.86. The van der Waals surface area contributed by atoms with Gasteiger partial charge in [0.2, 0.25) is 11.8 Å². The van der Waals surface area contributed by atoms with E-state index in [-0.39, 0.29) is 18.6 Å². The summed E-state index contributed by atoms with van der Waals surface area (Å²) in [6.45, 7) is 1.72. The molecule has 8 heteroatoms. The maximum atomic E-state index is 13.0. The molecule has 0 saturated heterocycles. The zero-order valence-electron chi connectivity index (χ0n) is 11.9. The van der Waals surface area contributed by atoms with E-state index in [0.29, 0.717) is 6.07 Å². The van der Waals surface area contributed by atoms with Gasteiger partial charge in [0, 0.05) is 6.07 Å². The fourth-order valence-electron chi connectivity index (χ4n) is 1.75. The van der Waals surface area contributed by atoms with E-state index in [4.69, 9.17) is 5.73 Å². The van der Waals surface area contributed by atoms with Gasteiger partial charge < -0.3 is 15.8 Å². The van der Waals surface area contributed by atoms with Crippen LogP contribution in [0.4, 0.5) is 8.78 Å². The van der Waals surface area contributed by atoms with Crippen molar-refractivity contribution in [2.24, 2.45) is 5.73 Å². The van der Waals surface area contributed by atoms with Crippen molar-refractivity contribution >= 4 is 17.8 Å². The summed E-state index contributed by atoms with van der Waals surface area (Å²) in [6.07, 6.45) is -0.770. The average Bonchev–Trinajstić information content (AvgIpc) is 2.36. The molecule has 1 aromatic rings. The minimum atomic E-state index is -1.25. The van der Waals surface area contributed by atoms with E-state index >= 15 is 0 Å². The van der Waals surface area contributed by atoms with Crippen molar-refractivity contribution in [2.75, 3.05) is 6.61 Å². The number of primary amides is 1. The highest BCUT2D eigenvalue weighted by Gasteiger charge is 2.22. The van der Waals surface area contributed by atoms with Gasteiger partial charge in [-0.05, 0) is 24.6 Å². The van der Waals surface area contributed by atoms with E-state index in [1.807, 2.05) is 0 Å². The van der Waals surface area contributed by atoms with Crippen molar-refractivity contribution in [3.05, 3.63) is 35.4 Å². The molecule has 1 aromatic carbocycles. The van der Waals surface area contributed by atoms with Gasteiger partial charge in [0.05, 0.1) is 19.4 Å². The second-order valence-corrected chi connectivity index (χ2v) is 4.49. The van der Waals surface area contributed by atoms with E-state index < -0.39 is 41.9 Å². The van der Waals surface area contributed by atoms with Crippen LogP contribution in [0.15, 0.2) is 18.2 Å². The van der Waals surface area contributed by atoms with Crippen LogP contribution in [-0.2, 0) is 25.5 Å². The Hall–Kier alpha value is -2.51. The van der Waals surface area contributed by atoms with Gasteiger partial charge in [0.1, 0.15) is 17.7 Å². The maximum Gasteiger partial charge on any atom is 0.308 e. The summed E-state index contributed by atoms with van der Waals surface area (Å²) in [5, 5.41) is 2.23. The molecule has 0 aromatic heterocycles. The lowest BCUT2D eigenvalue weighted by molar-refractivity contribution is -0.145. The van der Waals surface area contributed by atoms with Crippen molar-refractivity contribution < 1.29 is 27.9 Å². The molecule has 0 radical (unpaired) electrons. The average molecular weight is 314 g/mol. The molecule has 0 spiro atoms. The van der Waals surface area contributed by atoms with Gasteiger partial charge in [0.15, 0.2) is 0 Å². The Morgan fingerprint density at radius 1 is 1.23 bits per heavy atom. The van der Waals surface area contributed by atoms with Crippen LogP contribution in [0, 0.1) is 11.6 Å². The van der Waals surface area contributed by atoms with Gasteiger partial charge in [-0.3, -0.25) is 14.4 Å². The van der Waals surface area contributed by atoms with Crippen LogP contribution in [0.3, 0.4) is 0 Å². The number of halogens is 2. The summed E-state index contributed by atoms with van der Waals surface area (Å²) >= 11 is 0. The summed E-state index contributed by atoms with van der Waals surface area (Å²) in [5.41, 5.74) is 5.18. The summed E-state index contributed by atoms with van der Waals surface area (Å²) in [4.78, 5) is 34.3. The summed E-state index contributed by atoms with van der Waals surface area (Å²) in [7, 11) is 0. The molecular formula is C14H16F2N2O4. The second kappa shape index (κ2) is 8.06. The highest BCUT2D eigenvalue weighted by atomic mass is 19.1. The zero-order valence-corrected chi connectivity index (χ0v) is 11.9. The first-order valence-corrected chi connectivity index (χ1v) is 6.51. The smallest absolute Gasteiger partial charge is 0.308 e. The minimum Gasteiger partial charge on any atom is -0.466 e. The Kier molecular flexibility index (Phi) is 6.43. The van der Waals surface area contributed by atoms with Crippen LogP contribution >= 0.6 is 0 Å². The number of nitrogens with two attached hydrogens (primary N) is 1. The molecule has 0 aliphatic heterocycles. The Labute approximate surface area is 125 Å². The number of carbonyl (C=O) groups excluding carboxylic acids is 3. The first kappa shape index (κ1) is 17.5. The number of hydrogen-bond acceptors (Lipinski definition) is 4. The molecule has 0 aliphatic rings. The second-order valence-electron chi connectivity index (χ2n) is 4.49. The van der Waals surface area contributed by atoms with Crippen molar-refractivity contribution in [1.82, 2.24) is 5.32 Å². The number of amides is 2. The molecule has 3 N–H and O–H groups in total. The number of ether oxygens (including phenoxy) is 1. The van der Waals surface area contributed by atoms with E-state index in [9.17, 15) is 23.2 Å². The zero-order chi connectivity index (χ0) is 16.7. The molecular weight excluding hydrogens is 298 g/mol. The maximum absolute atomic E-state index is 13.0. The van der Waals surface area contributed by atoms with Crippen LogP contribution in [0.2, 0.25) is 0 Å². The minimum absolute atomic E-state index is 0.0920. The Morgan fingerprint density at radius 2 is 1.82 bits per heavy atom. The lowest BCUT2D eigenvalue weighted by Gasteiger charge is -2.14. The molecule has 0 aliphatic carbocycles. The molecule has 0 saturated carbocycles. The first-order chi connectivity index (χ1) is 10.3. The van der Waals surface area contributed by atoms with Crippen molar-refractivity contribution in [3.63, 3.8) is 0 Å². The Bertz CT molecular complexity index is 558. The molecule has 0 bridgehead atoms. The van der Waals surface area contributed by atoms with Gasteiger partial charge in [-0.2, -0.15) is 0 Å². The molecule has 2 amide bonds. The topological polar surface area (TPSA) is 98.5 Å². The van der Waals surface area contributed by atoms with Crippen LogP contribution in [0.25, 0.3) is 0 Å². The van der Waals surface area contributed by atoms with Gasteiger partial charge >= 0.3 is 5.97 Å². The fourth-order valence-corrected chi connectivity index (χ4v) is 1.75. The number of hydrogen-bond donors (Lipinski definition) is 2. The van der Waals surface area contributed by atoms with E-state index in [1.165, 1.54) is 0 Å². The normalized spacial score (nSPS) is 11.6. The predicted molar refractivity (Wildman–Crippen MR) is 72.4 cm³/mol. The van der Waals surface area contributed by atoms with Crippen molar-refractivity contribution in [2.45, 2.75) is 25.8 Å².